The van der Waals surface area contributed by atoms with Crippen LogP contribution < -0.4 is 0 Å². The number of benzene rings is 1. The molecule has 0 N–H and O–H groups in total. The molecule has 1 heterocycles. The molecule has 1 atom stereocenters. The van der Waals surface area contributed by atoms with Crippen LogP contribution in [0.5, 0.6) is 0 Å². The lowest BCUT2D eigenvalue weighted by molar-refractivity contribution is -0.631. The summed E-state index contributed by atoms with van der Waals surface area (Å²) in [7, 11) is 0. The number of carbonyl (C=O) groups excluding carboxylic acids is 2. The summed E-state index contributed by atoms with van der Waals surface area (Å²) in [5.41, 5.74) is 1.22. The maximum absolute atomic E-state index is 12.8. The first-order valence-electron chi connectivity index (χ1n) is 11.8. The second-order valence-corrected chi connectivity index (χ2v) is 9.75. The van der Waals surface area contributed by atoms with Gasteiger partial charge in [-0.3, -0.25) is 0 Å². The lowest BCUT2D eigenvalue weighted by atomic mass is 10.1. The van der Waals surface area contributed by atoms with Gasteiger partial charge in [0.15, 0.2) is 0 Å². The van der Waals surface area contributed by atoms with Gasteiger partial charge in [0, 0.05) is 0 Å². The molecule has 3 nitrogen and oxygen atoms in total. The minimum absolute atomic E-state index is 0.0183. The molecular formula is C25H40NO2S+. The Morgan fingerprint density at radius 1 is 0.793 bits per heavy atom. The Morgan fingerprint density at radius 3 is 1.83 bits per heavy atom. The second-order valence-electron chi connectivity index (χ2n) is 8.35. The van der Waals surface area contributed by atoms with Crippen LogP contribution in [0.25, 0.3) is 0 Å². The maximum atomic E-state index is 12.8. The normalized spacial score (nSPS) is 17.0. The summed E-state index contributed by atoms with van der Waals surface area (Å²) in [6, 6.07) is 10.3. The fourth-order valence-corrected chi connectivity index (χ4v) is 5.73. The summed E-state index contributed by atoms with van der Waals surface area (Å²) in [5, 5.41) is 0.185. The minimum atomic E-state index is 0.0183. The average molecular weight is 419 g/mol. The van der Waals surface area contributed by atoms with Gasteiger partial charge in [-0.05, 0) is 24.8 Å². The van der Waals surface area contributed by atoms with Crippen LogP contribution in [0.3, 0.4) is 0 Å². The first-order chi connectivity index (χ1) is 14.1. The molecule has 1 fully saturated rings. The van der Waals surface area contributed by atoms with Gasteiger partial charge >= 0.3 is 11.8 Å². The Labute approximate surface area is 182 Å². The monoisotopic (exact) mass is 418 g/mol. The minimum Gasteiger partial charge on any atom is -0.229 e. The van der Waals surface area contributed by atoms with Gasteiger partial charge in [-0.2, -0.15) is 0 Å². The second kappa shape index (κ2) is 13.2. The molecule has 162 valence electrons. The summed E-state index contributed by atoms with van der Waals surface area (Å²) in [6.07, 6.45) is 14.4. The van der Waals surface area contributed by atoms with E-state index < -0.39 is 0 Å². The number of nitrogens with zero attached hydrogens (tertiary/aromatic N) is 1. The summed E-state index contributed by atoms with van der Waals surface area (Å²) >= 11 is 1.59. The van der Waals surface area contributed by atoms with Crippen LogP contribution in [0.4, 0.5) is 0 Å². The van der Waals surface area contributed by atoms with E-state index in [1.54, 1.807) is 11.9 Å². The lowest BCUT2D eigenvalue weighted by Crippen LogP contribution is -2.47. The molecule has 2 amide bonds. The van der Waals surface area contributed by atoms with Crippen LogP contribution >= 0.6 is 11.9 Å². The standard InChI is InChI=1S/C25H40NO2S/c1-3-5-6-7-8-9-10-11-12-16-21-26(24(27)19-20-25(26)28)29-23(4-2)22-17-14-13-15-18-22/h13-15,17-18,23H,3-12,16,19-21H2,1-2H3/q+1. The molecule has 1 aromatic rings. The Bertz CT molecular complexity index is 601. The Hall–Kier alpha value is -1.13. The highest BCUT2D eigenvalue weighted by atomic mass is 32.2. The largest absolute Gasteiger partial charge is 0.333 e. The van der Waals surface area contributed by atoms with Gasteiger partial charge in [0.2, 0.25) is 0 Å². The van der Waals surface area contributed by atoms with Crippen molar-refractivity contribution < 1.29 is 13.5 Å². The van der Waals surface area contributed by atoms with E-state index in [1.807, 2.05) is 18.2 Å². The van der Waals surface area contributed by atoms with Gasteiger partial charge < -0.3 is 0 Å². The van der Waals surface area contributed by atoms with Gasteiger partial charge in [-0.1, -0.05) is 95.5 Å². The Morgan fingerprint density at radius 2 is 1.31 bits per heavy atom. The number of rotatable bonds is 15. The quantitative estimate of drug-likeness (QED) is 0.129. The van der Waals surface area contributed by atoms with E-state index in [0.29, 0.717) is 19.4 Å². The van der Waals surface area contributed by atoms with E-state index in [-0.39, 0.29) is 21.0 Å². The van der Waals surface area contributed by atoms with E-state index in [2.05, 4.69) is 26.0 Å². The highest BCUT2D eigenvalue weighted by molar-refractivity contribution is 7.94. The molecular weight excluding hydrogens is 378 g/mol. The van der Waals surface area contributed by atoms with Gasteiger partial charge in [-0.15, -0.1) is 3.89 Å². The van der Waals surface area contributed by atoms with E-state index in [0.717, 1.165) is 19.3 Å². The molecule has 0 spiro atoms. The van der Waals surface area contributed by atoms with Crippen LogP contribution in [-0.4, -0.2) is 22.2 Å². The number of hydrogen-bond acceptors (Lipinski definition) is 3. The molecule has 1 aliphatic rings. The molecule has 0 aromatic heterocycles. The number of hydrogen-bond donors (Lipinski definition) is 0. The number of carbonyl (C=O) groups is 2. The Kier molecular flexibility index (Phi) is 11.0. The molecule has 0 bridgehead atoms. The van der Waals surface area contributed by atoms with Gasteiger partial charge in [0.25, 0.3) is 0 Å². The van der Waals surface area contributed by atoms with Crippen LogP contribution in [0.15, 0.2) is 30.3 Å². The first kappa shape index (κ1) is 24.1. The number of unbranched alkanes of at least 4 members (excludes halogenated alkanes) is 9. The van der Waals surface area contributed by atoms with Crippen molar-refractivity contribution in [2.24, 2.45) is 0 Å². The van der Waals surface area contributed by atoms with Crippen molar-refractivity contribution in [2.75, 3.05) is 6.54 Å². The Balaban J connectivity index is 1.83. The molecule has 4 heteroatoms. The SMILES string of the molecule is CCCCCCCCCCCC[N+]1(SC(CC)c2ccccc2)C(=O)CCC1=O. The molecule has 2 rings (SSSR count). The summed E-state index contributed by atoms with van der Waals surface area (Å²) in [4.78, 5) is 25.6. The molecule has 1 aliphatic heterocycles. The van der Waals surface area contributed by atoms with Crippen molar-refractivity contribution >= 4 is 23.8 Å². The summed E-state index contributed by atoms with van der Waals surface area (Å²) in [5.74, 6) is 0.232. The van der Waals surface area contributed by atoms with Crippen molar-refractivity contribution in [2.45, 2.75) is 103 Å². The van der Waals surface area contributed by atoms with E-state index in [4.69, 9.17) is 0 Å². The molecule has 0 radical (unpaired) electrons. The predicted molar refractivity (Wildman–Crippen MR) is 123 cm³/mol. The first-order valence-corrected chi connectivity index (χ1v) is 12.7. The maximum Gasteiger partial charge on any atom is 0.333 e. The number of quaternary nitrogens is 1. The summed E-state index contributed by atoms with van der Waals surface area (Å²) in [6.45, 7) is 5.07. The molecule has 1 unspecified atom stereocenters. The van der Waals surface area contributed by atoms with E-state index in [1.165, 1.54) is 56.9 Å². The zero-order chi connectivity index (χ0) is 21.0. The third kappa shape index (κ3) is 7.25. The fourth-order valence-electron chi connectivity index (χ4n) is 4.21. The predicted octanol–water partition coefficient (Wildman–Crippen LogP) is 7.37. The van der Waals surface area contributed by atoms with Gasteiger partial charge in [-0.25, -0.2) is 9.59 Å². The average Bonchev–Trinajstić information content (AvgIpc) is 3.02. The van der Waals surface area contributed by atoms with Gasteiger partial charge in [0.1, 0.15) is 6.54 Å². The van der Waals surface area contributed by atoms with Crippen LogP contribution in [0.2, 0.25) is 0 Å². The molecule has 1 saturated heterocycles. The van der Waals surface area contributed by atoms with Crippen LogP contribution in [0, 0.1) is 0 Å². The van der Waals surface area contributed by atoms with Crippen molar-refractivity contribution in [3.63, 3.8) is 0 Å². The number of likely N-dealkylation sites (tertiary alicyclic amines) is 1. The van der Waals surface area contributed by atoms with Crippen molar-refractivity contribution in [3.05, 3.63) is 35.9 Å². The molecule has 0 aliphatic carbocycles. The van der Waals surface area contributed by atoms with Crippen LogP contribution in [0.1, 0.15) is 108 Å². The van der Waals surface area contributed by atoms with Crippen molar-refractivity contribution in [3.8, 4) is 0 Å². The highest BCUT2D eigenvalue weighted by Gasteiger charge is 2.52. The smallest absolute Gasteiger partial charge is 0.229 e. The number of imide groups is 1. The summed E-state index contributed by atoms with van der Waals surface area (Å²) < 4.78 is 0.0183. The lowest BCUT2D eigenvalue weighted by Gasteiger charge is -2.29. The third-order valence-electron chi connectivity index (χ3n) is 6.03. The molecule has 1 aromatic carbocycles. The number of amides is 2. The zero-order valence-corrected chi connectivity index (χ0v) is 19.4. The van der Waals surface area contributed by atoms with Crippen molar-refractivity contribution in [1.29, 1.82) is 0 Å². The molecule has 29 heavy (non-hydrogen) atoms. The third-order valence-corrected chi connectivity index (χ3v) is 7.84. The van der Waals surface area contributed by atoms with E-state index >= 15 is 0 Å². The van der Waals surface area contributed by atoms with Crippen LogP contribution in [-0.2, 0) is 9.59 Å². The fraction of sp³-hybridized carbons (Fsp3) is 0.680. The topological polar surface area (TPSA) is 34.1 Å². The van der Waals surface area contributed by atoms with E-state index in [9.17, 15) is 9.59 Å². The van der Waals surface area contributed by atoms with Crippen molar-refractivity contribution in [1.82, 2.24) is 0 Å². The highest BCUT2D eigenvalue weighted by Crippen LogP contribution is 2.44. The molecule has 0 saturated carbocycles. The van der Waals surface area contributed by atoms with Gasteiger partial charge in [0.05, 0.1) is 30.0 Å². The zero-order valence-electron chi connectivity index (χ0n) is 18.5.